The highest BCUT2D eigenvalue weighted by Gasteiger charge is 2.17. The number of hydrogen-bond acceptors (Lipinski definition) is 2. The maximum atomic E-state index is 6.15. The molecule has 0 saturated heterocycles. The highest BCUT2D eigenvalue weighted by Crippen LogP contribution is 2.26. The van der Waals surface area contributed by atoms with E-state index in [-0.39, 0.29) is 0 Å². The van der Waals surface area contributed by atoms with E-state index in [9.17, 15) is 0 Å². The second-order valence-electron chi connectivity index (χ2n) is 5.48. The third-order valence-electron chi connectivity index (χ3n) is 3.78. The number of nitrogens with zero attached hydrogens (tertiary/aromatic N) is 1. The van der Waals surface area contributed by atoms with Crippen LogP contribution in [0.15, 0.2) is 29.3 Å². The van der Waals surface area contributed by atoms with E-state index in [1.807, 2.05) is 6.07 Å². The summed E-state index contributed by atoms with van der Waals surface area (Å²) < 4.78 is 6.15. The summed E-state index contributed by atoms with van der Waals surface area (Å²) >= 11 is 0. The summed E-state index contributed by atoms with van der Waals surface area (Å²) in [6.45, 7) is 3.80. The lowest BCUT2D eigenvalue weighted by molar-refractivity contribution is 0.208. The SMILES string of the molecule is CCCNC(=NC)NCc1ccccc1OC1CCCC1. The molecule has 0 heterocycles. The maximum Gasteiger partial charge on any atom is 0.191 e. The number of rotatable bonds is 6. The summed E-state index contributed by atoms with van der Waals surface area (Å²) in [5.41, 5.74) is 1.18. The van der Waals surface area contributed by atoms with Crippen LogP contribution in [0, 0.1) is 0 Å². The number of nitrogens with one attached hydrogen (secondary N) is 2. The molecular formula is C17H27N3O. The first-order chi connectivity index (χ1) is 10.3. The van der Waals surface area contributed by atoms with E-state index in [0.29, 0.717) is 6.10 Å². The van der Waals surface area contributed by atoms with Gasteiger partial charge in [-0.25, -0.2) is 0 Å². The molecule has 116 valence electrons. The lowest BCUT2D eigenvalue weighted by Gasteiger charge is -2.17. The van der Waals surface area contributed by atoms with Crippen molar-refractivity contribution in [1.82, 2.24) is 10.6 Å². The average Bonchev–Trinajstić information content (AvgIpc) is 3.02. The van der Waals surface area contributed by atoms with Gasteiger partial charge < -0.3 is 15.4 Å². The number of ether oxygens (including phenoxy) is 1. The molecule has 4 heteroatoms. The fraction of sp³-hybridized carbons (Fsp3) is 0.588. The van der Waals surface area contributed by atoms with Crippen molar-refractivity contribution < 1.29 is 4.74 Å². The molecule has 1 aromatic rings. The van der Waals surface area contributed by atoms with Crippen LogP contribution in [0.1, 0.15) is 44.6 Å². The molecule has 0 aliphatic heterocycles. The topological polar surface area (TPSA) is 45.7 Å². The molecular weight excluding hydrogens is 262 g/mol. The Bertz CT molecular complexity index is 453. The zero-order chi connectivity index (χ0) is 14.9. The Morgan fingerprint density at radius 2 is 2.00 bits per heavy atom. The molecule has 0 bridgehead atoms. The van der Waals surface area contributed by atoms with Gasteiger partial charge in [-0.05, 0) is 38.2 Å². The van der Waals surface area contributed by atoms with Crippen molar-refractivity contribution in [2.75, 3.05) is 13.6 Å². The summed E-state index contributed by atoms with van der Waals surface area (Å²) in [6.07, 6.45) is 6.42. The van der Waals surface area contributed by atoms with Gasteiger partial charge in [0, 0.05) is 25.7 Å². The summed E-state index contributed by atoms with van der Waals surface area (Å²) in [6, 6.07) is 8.28. The van der Waals surface area contributed by atoms with Crippen molar-refractivity contribution in [3.8, 4) is 5.75 Å². The van der Waals surface area contributed by atoms with Crippen LogP contribution in [0.3, 0.4) is 0 Å². The summed E-state index contributed by atoms with van der Waals surface area (Å²) in [4.78, 5) is 4.23. The Labute approximate surface area is 128 Å². The fourth-order valence-electron chi connectivity index (χ4n) is 2.59. The minimum atomic E-state index is 0.392. The molecule has 21 heavy (non-hydrogen) atoms. The second kappa shape index (κ2) is 8.55. The lowest BCUT2D eigenvalue weighted by atomic mass is 10.2. The van der Waals surface area contributed by atoms with Crippen molar-refractivity contribution in [2.24, 2.45) is 4.99 Å². The monoisotopic (exact) mass is 289 g/mol. The molecule has 2 N–H and O–H groups in total. The van der Waals surface area contributed by atoms with E-state index >= 15 is 0 Å². The number of para-hydroxylation sites is 1. The van der Waals surface area contributed by atoms with Crippen molar-refractivity contribution in [2.45, 2.75) is 51.7 Å². The van der Waals surface area contributed by atoms with Gasteiger partial charge >= 0.3 is 0 Å². The van der Waals surface area contributed by atoms with E-state index in [1.165, 1.54) is 31.2 Å². The molecule has 1 fully saturated rings. The number of guanidine groups is 1. The number of benzene rings is 1. The maximum absolute atomic E-state index is 6.15. The van der Waals surface area contributed by atoms with Gasteiger partial charge in [0.2, 0.25) is 0 Å². The van der Waals surface area contributed by atoms with Crippen LogP contribution in [0.2, 0.25) is 0 Å². The Kier molecular flexibility index (Phi) is 6.38. The third kappa shape index (κ3) is 4.96. The van der Waals surface area contributed by atoms with Crippen molar-refractivity contribution in [1.29, 1.82) is 0 Å². The van der Waals surface area contributed by atoms with Gasteiger partial charge in [-0.3, -0.25) is 4.99 Å². The first-order valence-corrected chi connectivity index (χ1v) is 8.02. The molecule has 0 spiro atoms. The Hall–Kier alpha value is -1.71. The molecule has 0 atom stereocenters. The standard InChI is InChI=1S/C17H27N3O/c1-3-12-19-17(18-2)20-13-14-8-4-7-11-16(14)21-15-9-5-6-10-15/h4,7-8,11,15H,3,5-6,9-10,12-13H2,1-2H3,(H2,18,19,20). The van der Waals surface area contributed by atoms with Gasteiger partial charge in [-0.1, -0.05) is 25.1 Å². The van der Waals surface area contributed by atoms with E-state index in [1.54, 1.807) is 7.05 Å². The van der Waals surface area contributed by atoms with Crippen molar-refractivity contribution in [3.05, 3.63) is 29.8 Å². The summed E-state index contributed by atoms with van der Waals surface area (Å²) in [5, 5.41) is 6.62. The van der Waals surface area contributed by atoms with Crippen LogP contribution in [0.4, 0.5) is 0 Å². The van der Waals surface area contributed by atoms with E-state index in [0.717, 1.165) is 31.2 Å². The Morgan fingerprint density at radius 1 is 1.24 bits per heavy atom. The smallest absolute Gasteiger partial charge is 0.191 e. The predicted molar refractivity (Wildman–Crippen MR) is 87.8 cm³/mol. The largest absolute Gasteiger partial charge is 0.490 e. The quantitative estimate of drug-likeness (QED) is 0.625. The van der Waals surface area contributed by atoms with E-state index in [2.05, 4.69) is 40.7 Å². The van der Waals surface area contributed by atoms with Gasteiger partial charge in [0.15, 0.2) is 5.96 Å². The van der Waals surface area contributed by atoms with E-state index < -0.39 is 0 Å². The molecule has 2 rings (SSSR count). The van der Waals surface area contributed by atoms with Gasteiger partial charge in [-0.2, -0.15) is 0 Å². The number of hydrogen-bond donors (Lipinski definition) is 2. The minimum absolute atomic E-state index is 0.392. The highest BCUT2D eigenvalue weighted by atomic mass is 16.5. The predicted octanol–water partition coefficient (Wildman–Crippen LogP) is 3.08. The molecule has 0 unspecified atom stereocenters. The zero-order valence-electron chi connectivity index (χ0n) is 13.2. The molecule has 1 saturated carbocycles. The van der Waals surface area contributed by atoms with Crippen LogP contribution in [0.5, 0.6) is 5.75 Å². The molecule has 1 aliphatic carbocycles. The van der Waals surface area contributed by atoms with Crippen LogP contribution >= 0.6 is 0 Å². The Balaban J connectivity index is 1.92. The second-order valence-corrected chi connectivity index (χ2v) is 5.48. The Morgan fingerprint density at radius 3 is 2.71 bits per heavy atom. The zero-order valence-corrected chi connectivity index (χ0v) is 13.2. The van der Waals surface area contributed by atoms with Crippen molar-refractivity contribution >= 4 is 5.96 Å². The van der Waals surface area contributed by atoms with Gasteiger partial charge in [0.25, 0.3) is 0 Å². The fourth-order valence-corrected chi connectivity index (χ4v) is 2.59. The average molecular weight is 289 g/mol. The van der Waals surface area contributed by atoms with Crippen LogP contribution < -0.4 is 15.4 Å². The first-order valence-electron chi connectivity index (χ1n) is 8.02. The molecule has 1 aliphatic rings. The van der Waals surface area contributed by atoms with Gasteiger partial charge in [-0.15, -0.1) is 0 Å². The number of aliphatic imine (C=N–C) groups is 1. The van der Waals surface area contributed by atoms with Crippen LogP contribution in [-0.4, -0.2) is 25.7 Å². The van der Waals surface area contributed by atoms with Gasteiger partial charge in [0.05, 0.1) is 6.10 Å². The summed E-state index contributed by atoms with van der Waals surface area (Å²) in [7, 11) is 1.80. The molecule has 0 amide bonds. The van der Waals surface area contributed by atoms with Crippen LogP contribution in [0.25, 0.3) is 0 Å². The summed E-state index contributed by atoms with van der Waals surface area (Å²) in [5.74, 6) is 1.84. The van der Waals surface area contributed by atoms with Crippen LogP contribution in [-0.2, 0) is 6.54 Å². The first kappa shape index (κ1) is 15.7. The highest BCUT2D eigenvalue weighted by molar-refractivity contribution is 5.79. The molecule has 0 aromatic heterocycles. The van der Waals surface area contributed by atoms with Crippen molar-refractivity contribution in [3.63, 3.8) is 0 Å². The minimum Gasteiger partial charge on any atom is -0.490 e. The molecule has 4 nitrogen and oxygen atoms in total. The normalized spacial score (nSPS) is 16.0. The van der Waals surface area contributed by atoms with E-state index in [4.69, 9.17) is 4.74 Å². The van der Waals surface area contributed by atoms with Gasteiger partial charge in [0.1, 0.15) is 5.75 Å². The third-order valence-corrected chi connectivity index (χ3v) is 3.78. The molecule has 0 radical (unpaired) electrons. The molecule has 1 aromatic carbocycles. The lowest BCUT2D eigenvalue weighted by Crippen LogP contribution is -2.37.